The van der Waals surface area contributed by atoms with Gasteiger partial charge in [-0.15, -0.1) is 0 Å². The van der Waals surface area contributed by atoms with Gasteiger partial charge in [0.2, 0.25) is 0 Å². The lowest BCUT2D eigenvalue weighted by atomic mass is 10.1. The number of halogens is 5. The lowest BCUT2D eigenvalue weighted by Gasteiger charge is -2.20. The molecule has 5 nitrogen and oxygen atoms in total. The van der Waals surface area contributed by atoms with Gasteiger partial charge in [0.05, 0.1) is 21.9 Å². The number of rotatable bonds is 8. The van der Waals surface area contributed by atoms with E-state index >= 15 is 0 Å². The number of nitrogens with zero attached hydrogens (tertiary/aromatic N) is 4. The van der Waals surface area contributed by atoms with Crippen LogP contribution in [0.3, 0.4) is 0 Å². The van der Waals surface area contributed by atoms with E-state index in [1.165, 1.54) is 12.1 Å². The van der Waals surface area contributed by atoms with Crippen LogP contribution in [0.4, 0.5) is 19.0 Å². The minimum absolute atomic E-state index is 0.220. The Kier molecular flexibility index (Phi) is 7.45. The number of aromatic nitrogens is 3. The Hall–Kier alpha value is -2.62. The second kappa shape index (κ2) is 10.3. The Labute approximate surface area is 208 Å². The van der Waals surface area contributed by atoms with Crippen LogP contribution in [-0.2, 0) is 12.7 Å². The van der Waals surface area contributed by atoms with Crippen LogP contribution >= 0.6 is 27.5 Å². The molecule has 0 amide bonds. The van der Waals surface area contributed by atoms with Gasteiger partial charge in [-0.2, -0.15) is 22.8 Å². The minimum Gasteiger partial charge on any atom is -0.370 e. The van der Waals surface area contributed by atoms with E-state index in [1.54, 1.807) is 16.8 Å². The first-order valence-electron chi connectivity index (χ1n) is 10.6. The molecular weight excluding hydrogens is 531 g/mol. The fourth-order valence-electron chi connectivity index (χ4n) is 3.74. The maximum atomic E-state index is 13.2. The quantitative estimate of drug-likeness (QED) is 0.245. The predicted molar refractivity (Wildman–Crippen MR) is 132 cm³/mol. The van der Waals surface area contributed by atoms with E-state index in [0.29, 0.717) is 29.5 Å². The van der Waals surface area contributed by atoms with Crippen LogP contribution in [-0.4, -0.2) is 39.6 Å². The van der Waals surface area contributed by atoms with Crippen LogP contribution in [0.1, 0.15) is 17.5 Å². The monoisotopic (exact) mass is 551 g/mol. The molecule has 4 aromatic rings. The molecule has 0 atom stereocenters. The molecule has 0 aliphatic heterocycles. The number of hydrogen-bond donors (Lipinski definition) is 1. The van der Waals surface area contributed by atoms with Gasteiger partial charge in [-0.1, -0.05) is 48.0 Å². The van der Waals surface area contributed by atoms with Gasteiger partial charge in [0.25, 0.3) is 0 Å². The van der Waals surface area contributed by atoms with Crippen molar-refractivity contribution in [2.45, 2.75) is 19.1 Å². The van der Waals surface area contributed by atoms with Crippen LogP contribution in [0.15, 0.2) is 65.3 Å². The molecule has 2 aromatic heterocycles. The normalized spacial score (nSPS) is 12.0. The summed E-state index contributed by atoms with van der Waals surface area (Å²) in [5.74, 6) is 0.746. The summed E-state index contributed by atoms with van der Waals surface area (Å²) in [5, 5.41) is 8.35. The van der Waals surface area contributed by atoms with Gasteiger partial charge < -0.3 is 10.2 Å². The van der Waals surface area contributed by atoms with Gasteiger partial charge >= 0.3 is 6.18 Å². The van der Waals surface area contributed by atoms with Crippen LogP contribution in [0.5, 0.6) is 0 Å². The van der Waals surface area contributed by atoms with E-state index < -0.39 is 11.7 Å². The lowest BCUT2D eigenvalue weighted by molar-refractivity contribution is -0.138. The van der Waals surface area contributed by atoms with Crippen LogP contribution < -0.4 is 5.32 Å². The highest BCUT2D eigenvalue weighted by molar-refractivity contribution is 9.10. The number of fused-ring (bicyclic) bond motifs is 1. The summed E-state index contributed by atoms with van der Waals surface area (Å²) in [4.78, 5) is 6.57. The summed E-state index contributed by atoms with van der Waals surface area (Å²) in [7, 11) is 1.82. The Morgan fingerprint density at radius 3 is 2.62 bits per heavy atom. The van der Waals surface area contributed by atoms with E-state index in [9.17, 15) is 13.2 Å². The average molecular weight is 553 g/mol. The number of alkyl halides is 3. The highest BCUT2D eigenvalue weighted by atomic mass is 79.9. The second-order valence-corrected chi connectivity index (χ2v) is 9.17. The number of hydrogen-bond acceptors (Lipinski definition) is 4. The van der Waals surface area contributed by atoms with Crippen molar-refractivity contribution >= 4 is 39.0 Å². The van der Waals surface area contributed by atoms with Crippen molar-refractivity contribution in [3.8, 4) is 11.3 Å². The van der Waals surface area contributed by atoms with Crippen molar-refractivity contribution in [3.05, 3.63) is 81.4 Å². The molecule has 0 bridgehead atoms. The maximum absolute atomic E-state index is 13.2. The molecule has 1 N–H and O–H groups in total. The molecule has 0 fully saturated rings. The molecule has 34 heavy (non-hydrogen) atoms. The Balaban J connectivity index is 1.43. The van der Waals surface area contributed by atoms with Crippen LogP contribution in [0, 0.1) is 0 Å². The molecule has 0 unspecified atom stereocenters. The predicted octanol–water partition coefficient (Wildman–Crippen LogP) is 6.77. The molecule has 4 rings (SSSR count). The molecule has 0 saturated heterocycles. The molecule has 2 aromatic carbocycles. The van der Waals surface area contributed by atoms with Gasteiger partial charge in [-0.3, -0.25) is 0 Å². The zero-order chi connectivity index (χ0) is 24.3. The minimum atomic E-state index is -4.36. The van der Waals surface area contributed by atoms with Crippen LogP contribution in [0.2, 0.25) is 5.02 Å². The standard InChI is InChI=1S/C24H22BrClF3N5/c1-33(15-16-7-2-4-9-18(16)24(27,28)29)12-6-11-30-22-13-21(17-8-3-5-10-20(17)26)32-23-19(25)14-31-34(22)23/h2-5,7-10,13-14,30H,6,11-12,15H2,1H3. The SMILES string of the molecule is CN(CCCNc1cc(-c2ccccc2Cl)nc2c(Br)cnn12)Cc1ccccc1C(F)(F)F. The number of nitrogens with one attached hydrogen (secondary N) is 1. The first kappa shape index (κ1) is 24.5. The zero-order valence-electron chi connectivity index (χ0n) is 18.3. The fraction of sp³-hybridized carbons (Fsp3) is 0.250. The summed E-state index contributed by atoms with van der Waals surface area (Å²) >= 11 is 9.86. The van der Waals surface area contributed by atoms with Crippen LogP contribution in [0.25, 0.3) is 16.9 Å². The van der Waals surface area contributed by atoms with E-state index in [0.717, 1.165) is 28.3 Å². The van der Waals surface area contributed by atoms with Crippen molar-refractivity contribution in [3.63, 3.8) is 0 Å². The molecule has 0 radical (unpaired) electrons. The van der Waals surface area contributed by atoms with E-state index in [4.69, 9.17) is 11.6 Å². The molecule has 0 aliphatic carbocycles. The molecule has 0 saturated carbocycles. The summed E-state index contributed by atoms with van der Waals surface area (Å²) < 4.78 is 42.2. The number of anilines is 1. The maximum Gasteiger partial charge on any atom is 0.416 e. The van der Waals surface area contributed by atoms with E-state index in [-0.39, 0.29) is 12.1 Å². The van der Waals surface area contributed by atoms with Gasteiger partial charge in [-0.05, 0) is 53.6 Å². The molecule has 0 aliphatic rings. The third kappa shape index (κ3) is 5.54. The smallest absolute Gasteiger partial charge is 0.370 e. The molecule has 0 spiro atoms. The van der Waals surface area contributed by atoms with Crippen molar-refractivity contribution in [1.29, 1.82) is 0 Å². The Bertz CT molecular complexity index is 1290. The number of benzene rings is 2. The first-order valence-corrected chi connectivity index (χ1v) is 11.8. The highest BCUT2D eigenvalue weighted by Crippen LogP contribution is 2.32. The lowest BCUT2D eigenvalue weighted by Crippen LogP contribution is -2.23. The molecule has 10 heteroatoms. The summed E-state index contributed by atoms with van der Waals surface area (Å²) in [6, 6.07) is 15.1. The second-order valence-electron chi connectivity index (χ2n) is 7.91. The summed E-state index contributed by atoms with van der Waals surface area (Å²) in [6.07, 6.45) is -1.96. The average Bonchev–Trinajstić information content (AvgIpc) is 3.17. The highest BCUT2D eigenvalue weighted by Gasteiger charge is 2.32. The largest absolute Gasteiger partial charge is 0.416 e. The van der Waals surface area contributed by atoms with Gasteiger partial charge in [-0.25, -0.2) is 4.98 Å². The summed E-state index contributed by atoms with van der Waals surface area (Å²) in [6.45, 7) is 1.44. The fourth-order valence-corrected chi connectivity index (χ4v) is 4.32. The topological polar surface area (TPSA) is 45.5 Å². The van der Waals surface area contributed by atoms with E-state index in [2.05, 4.69) is 31.3 Å². The Morgan fingerprint density at radius 1 is 1.12 bits per heavy atom. The van der Waals surface area contributed by atoms with Crippen molar-refractivity contribution < 1.29 is 13.2 Å². The van der Waals surface area contributed by atoms with E-state index in [1.807, 2.05) is 42.3 Å². The molecule has 178 valence electrons. The summed E-state index contributed by atoms with van der Waals surface area (Å²) in [5.41, 5.74) is 1.86. The third-order valence-corrected chi connectivity index (χ3v) is 6.25. The van der Waals surface area contributed by atoms with Gasteiger partial charge in [0, 0.05) is 29.7 Å². The van der Waals surface area contributed by atoms with Crippen molar-refractivity contribution in [2.24, 2.45) is 0 Å². The molecule has 2 heterocycles. The van der Waals surface area contributed by atoms with Crippen molar-refractivity contribution in [2.75, 3.05) is 25.5 Å². The third-order valence-electron chi connectivity index (χ3n) is 5.36. The van der Waals surface area contributed by atoms with Gasteiger partial charge in [0.15, 0.2) is 5.65 Å². The first-order chi connectivity index (χ1) is 16.2. The van der Waals surface area contributed by atoms with Crippen molar-refractivity contribution in [1.82, 2.24) is 19.5 Å². The Morgan fingerprint density at radius 2 is 1.85 bits per heavy atom. The zero-order valence-corrected chi connectivity index (χ0v) is 20.6. The van der Waals surface area contributed by atoms with Gasteiger partial charge in [0.1, 0.15) is 5.82 Å². The molecular formula is C24H22BrClF3N5.